The molecule has 2 aromatic rings. The van der Waals surface area contributed by atoms with Crippen molar-refractivity contribution in [2.45, 2.75) is 32.9 Å². The summed E-state index contributed by atoms with van der Waals surface area (Å²) < 4.78 is 10.7. The van der Waals surface area contributed by atoms with Gasteiger partial charge in [-0.25, -0.2) is 4.99 Å². The minimum absolute atomic E-state index is 0. The van der Waals surface area contributed by atoms with E-state index < -0.39 is 0 Å². The van der Waals surface area contributed by atoms with Crippen molar-refractivity contribution < 1.29 is 9.26 Å². The zero-order chi connectivity index (χ0) is 18.3. The molecule has 1 aromatic carbocycles. The summed E-state index contributed by atoms with van der Waals surface area (Å²) in [7, 11) is 1.68. The van der Waals surface area contributed by atoms with Crippen LogP contribution in [0, 0.1) is 0 Å². The molecular formula is C17H25ClIN5O2. The van der Waals surface area contributed by atoms with Crippen LogP contribution >= 0.6 is 35.6 Å². The number of benzene rings is 1. The van der Waals surface area contributed by atoms with Crippen molar-refractivity contribution in [3.05, 3.63) is 35.2 Å². The number of rotatable bonds is 7. The van der Waals surface area contributed by atoms with Crippen molar-refractivity contribution in [3.8, 4) is 11.4 Å². The van der Waals surface area contributed by atoms with Crippen LogP contribution in [0.25, 0.3) is 11.4 Å². The van der Waals surface area contributed by atoms with Crippen molar-refractivity contribution in [2.75, 3.05) is 20.2 Å². The first-order valence-corrected chi connectivity index (χ1v) is 8.47. The molecule has 0 aliphatic rings. The first kappa shape index (κ1) is 22.7. The molecule has 0 spiro atoms. The summed E-state index contributed by atoms with van der Waals surface area (Å²) in [5.74, 6) is 1.62. The topological polar surface area (TPSA) is 84.6 Å². The van der Waals surface area contributed by atoms with Crippen LogP contribution in [0.4, 0.5) is 0 Å². The molecule has 0 radical (unpaired) electrons. The first-order valence-electron chi connectivity index (χ1n) is 8.09. The Labute approximate surface area is 176 Å². The largest absolute Gasteiger partial charge is 0.377 e. The minimum atomic E-state index is -0.289. The van der Waals surface area contributed by atoms with Gasteiger partial charge in [-0.3, -0.25) is 0 Å². The molecule has 0 amide bonds. The van der Waals surface area contributed by atoms with Crippen molar-refractivity contribution in [1.82, 2.24) is 20.8 Å². The van der Waals surface area contributed by atoms with Gasteiger partial charge in [0.1, 0.15) is 6.54 Å². The fraction of sp³-hybridized carbons (Fsp3) is 0.471. The van der Waals surface area contributed by atoms with Gasteiger partial charge in [0, 0.05) is 30.8 Å². The van der Waals surface area contributed by atoms with Gasteiger partial charge < -0.3 is 19.9 Å². The average Bonchev–Trinajstić information content (AvgIpc) is 3.07. The number of ether oxygens (including phenoxy) is 1. The van der Waals surface area contributed by atoms with Gasteiger partial charge in [-0.1, -0.05) is 16.8 Å². The number of nitrogens with one attached hydrogen (secondary N) is 2. The predicted molar refractivity (Wildman–Crippen MR) is 114 cm³/mol. The van der Waals surface area contributed by atoms with Crippen LogP contribution in [-0.2, 0) is 11.3 Å². The van der Waals surface area contributed by atoms with Crippen molar-refractivity contribution in [1.29, 1.82) is 0 Å². The Morgan fingerprint density at radius 1 is 1.27 bits per heavy atom. The van der Waals surface area contributed by atoms with E-state index in [4.69, 9.17) is 20.9 Å². The van der Waals surface area contributed by atoms with Crippen LogP contribution in [0.2, 0.25) is 5.02 Å². The van der Waals surface area contributed by atoms with E-state index in [1.807, 2.05) is 32.9 Å². The molecule has 0 unspecified atom stereocenters. The molecule has 2 N–H and O–H groups in total. The summed E-state index contributed by atoms with van der Waals surface area (Å²) in [6.07, 6.45) is 0. The Morgan fingerprint density at radius 2 is 1.96 bits per heavy atom. The predicted octanol–water partition coefficient (Wildman–Crippen LogP) is 3.49. The smallest absolute Gasteiger partial charge is 0.248 e. The summed E-state index contributed by atoms with van der Waals surface area (Å²) in [4.78, 5) is 8.82. The van der Waals surface area contributed by atoms with Gasteiger partial charge in [0.25, 0.3) is 0 Å². The summed E-state index contributed by atoms with van der Waals surface area (Å²) in [6.45, 7) is 7.65. The maximum absolute atomic E-state index is 5.89. The Balaban J connectivity index is 0.00000338. The zero-order valence-electron chi connectivity index (χ0n) is 15.4. The molecule has 7 nitrogen and oxygen atoms in total. The highest BCUT2D eigenvalue weighted by Crippen LogP contribution is 2.18. The van der Waals surface area contributed by atoms with Crippen LogP contribution in [-0.4, -0.2) is 41.9 Å². The van der Waals surface area contributed by atoms with Crippen LogP contribution < -0.4 is 10.6 Å². The number of aromatic nitrogens is 2. The lowest BCUT2D eigenvalue weighted by molar-refractivity contribution is 0.0268. The van der Waals surface area contributed by atoms with E-state index in [2.05, 4.69) is 25.8 Å². The van der Waals surface area contributed by atoms with E-state index >= 15 is 0 Å². The Bertz CT molecular complexity index is 703. The second kappa shape index (κ2) is 10.7. The number of guanidine groups is 1. The van der Waals surface area contributed by atoms with Gasteiger partial charge in [-0.15, -0.1) is 24.0 Å². The first-order chi connectivity index (χ1) is 11.9. The number of hydrogen-bond donors (Lipinski definition) is 2. The molecule has 144 valence electrons. The fourth-order valence-corrected chi connectivity index (χ4v) is 2.02. The van der Waals surface area contributed by atoms with E-state index in [-0.39, 0.29) is 36.1 Å². The lowest BCUT2D eigenvalue weighted by Crippen LogP contribution is -2.45. The minimum Gasteiger partial charge on any atom is -0.377 e. The Kier molecular flexibility index (Phi) is 9.31. The maximum Gasteiger partial charge on any atom is 0.248 e. The summed E-state index contributed by atoms with van der Waals surface area (Å²) in [5.41, 5.74) is 0.554. The normalized spacial score (nSPS) is 11.8. The molecule has 0 saturated carbocycles. The van der Waals surface area contributed by atoms with Gasteiger partial charge >= 0.3 is 0 Å². The molecule has 2 rings (SSSR count). The van der Waals surface area contributed by atoms with E-state index in [9.17, 15) is 0 Å². The van der Waals surface area contributed by atoms with Crippen LogP contribution in [0.5, 0.6) is 0 Å². The quantitative estimate of drug-likeness (QED) is 0.349. The van der Waals surface area contributed by atoms with E-state index in [0.29, 0.717) is 29.2 Å². The second-order valence-corrected chi connectivity index (χ2v) is 6.47. The third kappa shape index (κ3) is 7.08. The van der Waals surface area contributed by atoms with Gasteiger partial charge in [-0.2, -0.15) is 4.98 Å². The van der Waals surface area contributed by atoms with E-state index in [0.717, 1.165) is 12.1 Å². The third-order valence-corrected chi connectivity index (χ3v) is 3.77. The maximum atomic E-state index is 5.89. The van der Waals surface area contributed by atoms with Gasteiger partial charge in [0.05, 0.1) is 5.60 Å². The van der Waals surface area contributed by atoms with Crippen LogP contribution in [0.1, 0.15) is 26.7 Å². The van der Waals surface area contributed by atoms with Crippen LogP contribution in [0.3, 0.4) is 0 Å². The number of nitrogens with zero attached hydrogens (tertiary/aromatic N) is 3. The van der Waals surface area contributed by atoms with Crippen LogP contribution in [0.15, 0.2) is 33.8 Å². The Morgan fingerprint density at radius 3 is 2.58 bits per heavy atom. The monoisotopic (exact) mass is 493 g/mol. The molecule has 0 saturated heterocycles. The SMILES string of the molecule is CCNC(=NCc1nc(-c2ccc(Cl)cc2)no1)NCC(C)(C)OC.I. The van der Waals surface area contributed by atoms with E-state index in [1.54, 1.807) is 19.2 Å². The second-order valence-electron chi connectivity index (χ2n) is 6.03. The molecule has 0 aliphatic carbocycles. The summed E-state index contributed by atoms with van der Waals surface area (Å²) in [5, 5.41) is 11.1. The molecule has 0 fully saturated rings. The van der Waals surface area contributed by atoms with Gasteiger partial charge in [-0.05, 0) is 45.0 Å². The molecular weight excluding hydrogens is 469 g/mol. The molecule has 1 heterocycles. The number of halogens is 2. The molecule has 0 aliphatic heterocycles. The Hall–Kier alpha value is -1.39. The molecule has 0 atom stereocenters. The summed E-state index contributed by atoms with van der Waals surface area (Å²) in [6, 6.07) is 7.27. The zero-order valence-corrected chi connectivity index (χ0v) is 18.5. The van der Waals surface area contributed by atoms with Gasteiger partial charge in [0.2, 0.25) is 11.7 Å². The third-order valence-electron chi connectivity index (χ3n) is 3.52. The van der Waals surface area contributed by atoms with Gasteiger partial charge in [0.15, 0.2) is 5.96 Å². The molecule has 9 heteroatoms. The highest BCUT2D eigenvalue weighted by molar-refractivity contribution is 14.0. The standard InChI is InChI=1S/C17H24ClN5O2.HI/c1-5-19-16(21-11-17(2,3)24-4)20-10-14-22-15(23-25-14)12-6-8-13(18)9-7-12;/h6-9H,5,10-11H2,1-4H3,(H2,19,20,21);1H. The van der Waals surface area contributed by atoms with Crippen molar-refractivity contribution in [2.24, 2.45) is 4.99 Å². The molecule has 1 aromatic heterocycles. The highest BCUT2D eigenvalue weighted by Gasteiger charge is 2.16. The number of methoxy groups -OCH3 is 1. The summed E-state index contributed by atoms with van der Waals surface area (Å²) >= 11 is 5.89. The highest BCUT2D eigenvalue weighted by atomic mass is 127. The lowest BCUT2D eigenvalue weighted by Gasteiger charge is -2.24. The fourth-order valence-electron chi connectivity index (χ4n) is 1.89. The molecule has 26 heavy (non-hydrogen) atoms. The molecule has 0 bridgehead atoms. The number of aliphatic imine (C=N–C) groups is 1. The van der Waals surface area contributed by atoms with E-state index in [1.165, 1.54) is 0 Å². The average molecular weight is 494 g/mol. The lowest BCUT2D eigenvalue weighted by atomic mass is 10.1. The van der Waals surface area contributed by atoms with Crippen molar-refractivity contribution >= 4 is 41.5 Å². The number of hydrogen-bond acceptors (Lipinski definition) is 5. The van der Waals surface area contributed by atoms with Crippen molar-refractivity contribution in [3.63, 3.8) is 0 Å².